The van der Waals surface area contributed by atoms with E-state index in [1.54, 1.807) is 0 Å². The zero-order valence-electron chi connectivity index (χ0n) is 11.8. The van der Waals surface area contributed by atoms with Crippen LogP contribution >= 0.6 is 0 Å². The van der Waals surface area contributed by atoms with Gasteiger partial charge >= 0.3 is 5.97 Å². The van der Waals surface area contributed by atoms with Gasteiger partial charge in [-0.3, -0.25) is 9.59 Å². The van der Waals surface area contributed by atoms with Crippen molar-refractivity contribution < 1.29 is 19.4 Å². The van der Waals surface area contributed by atoms with Crippen molar-refractivity contribution >= 4 is 11.9 Å². The van der Waals surface area contributed by atoms with Gasteiger partial charge in [0.25, 0.3) is 0 Å². The number of carbonyl (C=O) groups is 2. The van der Waals surface area contributed by atoms with Crippen molar-refractivity contribution in [1.29, 1.82) is 0 Å². The van der Waals surface area contributed by atoms with Gasteiger partial charge in [-0.15, -0.1) is 0 Å². The van der Waals surface area contributed by atoms with Crippen LogP contribution in [-0.2, 0) is 14.3 Å². The normalized spacial score (nSPS) is 24.6. The summed E-state index contributed by atoms with van der Waals surface area (Å²) in [5.74, 6) is -0.122. The molecule has 2 fully saturated rings. The quantitative estimate of drug-likeness (QED) is 0.767. The highest BCUT2D eigenvalue weighted by atomic mass is 16.5. The lowest BCUT2D eigenvalue weighted by atomic mass is 9.92. The minimum absolute atomic E-state index is 0.000911. The Morgan fingerprint density at radius 2 is 2.05 bits per heavy atom. The molecule has 0 bridgehead atoms. The van der Waals surface area contributed by atoms with Crippen LogP contribution in [0.15, 0.2) is 0 Å². The van der Waals surface area contributed by atoms with E-state index in [2.05, 4.69) is 5.32 Å². The number of ether oxygens (including phenoxy) is 1. The molecule has 0 aliphatic carbocycles. The molecule has 2 aliphatic rings. The maximum Gasteiger partial charge on any atom is 0.303 e. The lowest BCUT2D eigenvalue weighted by molar-refractivity contribution is -0.139. The molecule has 6 nitrogen and oxygen atoms in total. The molecule has 0 aromatic heterocycles. The molecule has 0 saturated carbocycles. The van der Waals surface area contributed by atoms with Gasteiger partial charge in [0.1, 0.15) is 0 Å². The molecule has 0 spiro atoms. The Balaban J connectivity index is 1.67. The highest BCUT2D eigenvalue weighted by molar-refractivity contribution is 5.76. The number of aliphatic carboxylic acids is 1. The number of carboxylic acids is 1. The summed E-state index contributed by atoms with van der Waals surface area (Å²) in [7, 11) is 0. The standard InChI is InChI=1S/C14H24N2O4/c17-13(9-12-10-15-5-8-20-12)16-6-3-11(4-7-16)1-2-14(18)19/h11-12,15H,1-10H2,(H,18,19). The van der Waals surface area contributed by atoms with Gasteiger partial charge in [-0.25, -0.2) is 0 Å². The van der Waals surface area contributed by atoms with Crippen molar-refractivity contribution in [2.45, 2.75) is 38.2 Å². The van der Waals surface area contributed by atoms with E-state index in [0.29, 0.717) is 18.9 Å². The molecular formula is C14H24N2O4. The largest absolute Gasteiger partial charge is 0.481 e. The van der Waals surface area contributed by atoms with E-state index < -0.39 is 5.97 Å². The smallest absolute Gasteiger partial charge is 0.303 e. The van der Waals surface area contributed by atoms with Gasteiger partial charge in [0.2, 0.25) is 5.91 Å². The molecule has 20 heavy (non-hydrogen) atoms. The minimum atomic E-state index is -0.731. The topological polar surface area (TPSA) is 78.9 Å². The second-order valence-electron chi connectivity index (χ2n) is 5.66. The Hall–Kier alpha value is -1.14. The van der Waals surface area contributed by atoms with Crippen LogP contribution in [0.4, 0.5) is 0 Å². The predicted molar refractivity (Wildman–Crippen MR) is 73.4 cm³/mol. The van der Waals surface area contributed by atoms with Gasteiger partial charge in [0.15, 0.2) is 0 Å². The fraction of sp³-hybridized carbons (Fsp3) is 0.857. The molecule has 1 amide bonds. The minimum Gasteiger partial charge on any atom is -0.481 e. The third-order valence-electron chi connectivity index (χ3n) is 4.14. The SMILES string of the molecule is O=C(O)CCC1CCN(C(=O)CC2CNCCO2)CC1. The number of piperidine rings is 1. The molecule has 0 radical (unpaired) electrons. The number of amides is 1. The summed E-state index contributed by atoms with van der Waals surface area (Å²) in [6, 6.07) is 0. The summed E-state index contributed by atoms with van der Waals surface area (Å²) in [6.45, 7) is 3.79. The Morgan fingerprint density at radius 1 is 1.30 bits per heavy atom. The molecule has 2 rings (SSSR count). The van der Waals surface area contributed by atoms with Crippen LogP contribution in [-0.4, -0.2) is 60.8 Å². The first-order valence-electron chi connectivity index (χ1n) is 7.47. The molecule has 2 N–H and O–H groups in total. The highest BCUT2D eigenvalue weighted by Gasteiger charge is 2.25. The van der Waals surface area contributed by atoms with E-state index in [0.717, 1.165) is 45.4 Å². The molecular weight excluding hydrogens is 260 g/mol. The number of morpholine rings is 1. The summed E-state index contributed by atoms with van der Waals surface area (Å²) >= 11 is 0. The van der Waals surface area contributed by atoms with Crippen LogP contribution in [0.1, 0.15) is 32.1 Å². The first kappa shape index (κ1) is 15.3. The van der Waals surface area contributed by atoms with E-state index >= 15 is 0 Å². The van der Waals surface area contributed by atoms with Gasteiger partial charge in [-0.1, -0.05) is 0 Å². The lowest BCUT2D eigenvalue weighted by Gasteiger charge is -2.33. The van der Waals surface area contributed by atoms with E-state index in [-0.39, 0.29) is 18.4 Å². The van der Waals surface area contributed by atoms with Crippen molar-refractivity contribution in [3.63, 3.8) is 0 Å². The Morgan fingerprint density at radius 3 is 2.65 bits per heavy atom. The maximum absolute atomic E-state index is 12.2. The summed E-state index contributed by atoms with van der Waals surface area (Å²) in [4.78, 5) is 24.6. The van der Waals surface area contributed by atoms with Crippen LogP contribution < -0.4 is 5.32 Å². The highest BCUT2D eigenvalue weighted by Crippen LogP contribution is 2.22. The van der Waals surface area contributed by atoms with E-state index in [9.17, 15) is 9.59 Å². The molecule has 0 aromatic rings. The lowest BCUT2D eigenvalue weighted by Crippen LogP contribution is -2.44. The maximum atomic E-state index is 12.2. The average molecular weight is 284 g/mol. The van der Waals surface area contributed by atoms with Crippen molar-refractivity contribution in [2.75, 3.05) is 32.8 Å². The first-order valence-corrected chi connectivity index (χ1v) is 7.47. The molecule has 0 aromatic carbocycles. The molecule has 1 atom stereocenters. The Kier molecular flexibility index (Phi) is 5.79. The first-order chi connectivity index (χ1) is 9.65. The Labute approximate surface area is 119 Å². The fourth-order valence-electron chi connectivity index (χ4n) is 2.87. The van der Waals surface area contributed by atoms with Crippen molar-refractivity contribution in [2.24, 2.45) is 5.92 Å². The van der Waals surface area contributed by atoms with Crippen LogP contribution in [0, 0.1) is 5.92 Å². The third-order valence-corrected chi connectivity index (χ3v) is 4.14. The van der Waals surface area contributed by atoms with Crippen LogP contribution in [0.3, 0.4) is 0 Å². The van der Waals surface area contributed by atoms with Crippen LogP contribution in [0.5, 0.6) is 0 Å². The number of likely N-dealkylation sites (tertiary alicyclic amines) is 1. The molecule has 2 saturated heterocycles. The van der Waals surface area contributed by atoms with Crippen molar-refractivity contribution in [3.8, 4) is 0 Å². The van der Waals surface area contributed by atoms with E-state index in [4.69, 9.17) is 9.84 Å². The number of carbonyl (C=O) groups excluding carboxylic acids is 1. The average Bonchev–Trinajstić information content (AvgIpc) is 2.46. The number of carboxylic acid groups (broad SMARTS) is 1. The van der Waals surface area contributed by atoms with Crippen LogP contribution in [0.25, 0.3) is 0 Å². The number of hydrogen-bond donors (Lipinski definition) is 2. The van der Waals surface area contributed by atoms with Gasteiger partial charge in [-0.2, -0.15) is 0 Å². The fourth-order valence-corrected chi connectivity index (χ4v) is 2.87. The van der Waals surface area contributed by atoms with Crippen molar-refractivity contribution in [1.82, 2.24) is 10.2 Å². The summed E-state index contributed by atoms with van der Waals surface area (Å²) < 4.78 is 5.55. The number of nitrogens with zero attached hydrogens (tertiary/aromatic N) is 1. The van der Waals surface area contributed by atoms with Gasteiger partial charge in [-0.05, 0) is 25.2 Å². The van der Waals surface area contributed by atoms with Gasteiger partial charge in [0, 0.05) is 32.6 Å². The molecule has 6 heteroatoms. The number of rotatable bonds is 5. The summed E-state index contributed by atoms with van der Waals surface area (Å²) in [5, 5.41) is 11.9. The molecule has 2 aliphatic heterocycles. The van der Waals surface area contributed by atoms with Gasteiger partial charge < -0.3 is 20.1 Å². The number of nitrogens with one attached hydrogen (secondary N) is 1. The zero-order chi connectivity index (χ0) is 14.4. The second-order valence-corrected chi connectivity index (χ2v) is 5.66. The second kappa shape index (κ2) is 7.59. The monoisotopic (exact) mass is 284 g/mol. The summed E-state index contributed by atoms with van der Waals surface area (Å²) in [6.07, 6.45) is 3.26. The van der Waals surface area contributed by atoms with Crippen LogP contribution in [0.2, 0.25) is 0 Å². The third kappa shape index (κ3) is 4.76. The van der Waals surface area contributed by atoms with E-state index in [1.807, 2.05) is 4.90 Å². The predicted octanol–water partition coefficient (Wildman–Crippen LogP) is 0.468. The van der Waals surface area contributed by atoms with Crippen molar-refractivity contribution in [3.05, 3.63) is 0 Å². The number of hydrogen-bond acceptors (Lipinski definition) is 4. The molecule has 1 unspecified atom stereocenters. The molecule has 2 heterocycles. The van der Waals surface area contributed by atoms with Gasteiger partial charge in [0.05, 0.1) is 19.1 Å². The summed E-state index contributed by atoms with van der Waals surface area (Å²) in [5.41, 5.74) is 0. The zero-order valence-corrected chi connectivity index (χ0v) is 11.8. The van der Waals surface area contributed by atoms with E-state index in [1.165, 1.54) is 0 Å². The molecule has 114 valence electrons. The Bertz CT molecular complexity index is 334.